The maximum absolute atomic E-state index is 11.5. The van der Waals surface area contributed by atoms with Crippen LogP contribution in [0.5, 0.6) is 0 Å². The summed E-state index contributed by atoms with van der Waals surface area (Å²) in [7, 11) is 0. The minimum atomic E-state index is -0.671. The number of fused-ring (bicyclic) bond motifs is 1. The summed E-state index contributed by atoms with van der Waals surface area (Å²) in [5, 5.41) is 0.813. The number of hydrogen-bond donors (Lipinski definition) is 2. The Morgan fingerprint density at radius 3 is 2.82 bits per heavy atom. The van der Waals surface area contributed by atoms with Crippen molar-refractivity contribution in [2.24, 2.45) is 5.73 Å². The molecule has 0 aliphatic heterocycles. The summed E-state index contributed by atoms with van der Waals surface area (Å²) in [6.07, 6.45) is 0. The third-order valence-electron chi connectivity index (χ3n) is 2.03. The molecule has 0 aliphatic carbocycles. The summed E-state index contributed by atoms with van der Waals surface area (Å²) in [4.78, 5) is 26.5. The predicted molar refractivity (Wildman–Crippen MR) is 58.8 cm³/mol. The van der Waals surface area contributed by atoms with Gasteiger partial charge in [0.15, 0.2) is 12.4 Å². The van der Waals surface area contributed by atoms with E-state index in [1.165, 1.54) is 0 Å². The molecule has 2 aromatic rings. The Hall–Kier alpha value is -2.34. The van der Waals surface area contributed by atoms with E-state index in [1.54, 1.807) is 18.2 Å². The van der Waals surface area contributed by atoms with Crippen LogP contribution in [0, 0.1) is 0 Å². The lowest BCUT2D eigenvalue weighted by Gasteiger charge is -2.00. The van der Waals surface area contributed by atoms with Crippen molar-refractivity contribution in [2.45, 2.75) is 0 Å². The number of furan rings is 1. The lowest BCUT2D eigenvalue weighted by atomic mass is 10.2. The second-order valence-electron chi connectivity index (χ2n) is 3.33. The van der Waals surface area contributed by atoms with Crippen molar-refractivity contribution >= 4 is 22.8 Å². The average Bonchev–Trinajstić information content (AvgIpc) is 2.71. The molecule has 88 valence electrons. The molecule has 6 nitrogen and oxygen atoms in total. The van der Waals surface area contributed by atoms with E-state index < -0.39 is 11.8 Å². The van der Waals surface area contributed by atoms with Gasteiger partial charge in [0.25, 0.3) is 0 Å². The number of hydrogen-bond acceptors (Lipinski definition) is 4. The van der Waals surface area contributed by atoms with Gasteiger partial charge in [-0.3, -0.25) is 14.4 Å². The minimum absolute atomic E-state index is 0.107. The van der Waals surface area contributed by atoms with Gasteiger partial charge in [-0.1, -0.05) is 18.2 Å². The van der Waals surface area contributed by atoms with Gasteiger partial charge in [0, 0.05) is 5.39 Å². The van der Waals surface area contributed by atoms with Crippen molar-refractivity contribution < 1.29 is 18.8 Å². The van der Waals surface area contributed by atoms with Crippen LogP contribution in [-0.4, -0.2) is 18.4 Å². The number of carbonyl (C=O) groups excluding carboxylic acids is 2. The topological polar surface area (TPSA) is 94.6 Å². The van der Waals surface area contributed by atoms with Crippen molar-refractivity contribution in [1.29, 1.82) is 0 Å². The molecular weight excluding hydrogens is 224 g/mol. The van der Waals surface area contributed by atoms with Crippen LogP contribution in [-0.2, 0) is 9.63 Å². The number of amides is 2. The first-order valence-electron chi connectivity index (χ1n) is 4.86. The van der Waals surface area contributed by atoms with Crippen LogP contribution in [0.2, 0.25) is 0 Å². The third kappa shape index (κ3) is 2.61. The van der Waals surface area contributed by atoms with E-state index in [9.17, 15) is 9.59 Å². The highest BCUT2D eigenvalue weighted by Crippen LogP contribution is 2.18. The quantitative estimate of drug-likeness (QED) is 0.756. The van der Waals surface area contributed by atoms with Crippen LogP contribution in [0.15, 0.2) is 34.7 Å². The molecule has 0 fully saturated rings. The number of nitrogens with one attached hydrogen (secondary N) is 1. The van der Waals surface area contributed by atoms with Gasteiger partial charge in [0.1, 0.15) is 5.58 Å². The summed E-state index contributed by atoms with van der Waals surface area (Å²) in [6.45, 7) is -0.383. The fourth-order valence-electron chi connectivity index (χ4n) is 1.32. The number of hydroxylamine groups is 1. The molecular formula is C11H10N2O4. The Bertz CT molecular complexity index is 528. The van der Waals surface area contributed by atoms with Crippen LogP contribution in [0.25, 0.3) is 11.0 Å². The normalized spacial score (nSPS) is 10.4. The van der Waals surface area contributed by atoms with Crippen LogP contribution >= 0.6 is 0 Å². The summed E-state index contributed by atoms with van der Waals surface area (Å²) in [5.74, 6) is -1.13. The van der Waals surface area contributed by atoms with E-state index in [2.05, 4.69) is 10.3 Å². The molecule has 0 saturated heterocycles. The molecule has 1 aromatic carbocycles. The van der Waals surface area contributed by atoms with Gasteiger partial charge in [-0.05, 0) is 12.1 Å². The van der Waals surface area contributed by atoms with E-state index in [1.807, 2.05) is 12.1 Å². The van der Waals surface area contributed by atoms with Crippen molar-refractivity contribution in [1.82, 2.24) is 5.48 Å². The van der Waals surface area contributed by atoms with E-state index >= 15 is 0 Å². The predicted octanol–water partition coefficient (Wildman–Crippen LogP) is 0.580. The maximum atomic E-state index is 11.5. The molecule has 0 atom stereocenters. The Labute approximate surface area is 96.3 Å². The molecule has 2 amide bonds. The van der Waals surface area contributed by atoms with Gasteiger partial charge in [-0.25, -0.2) is 5.48 Å². The van der Waals surface area contributed by atoms with Gasteiger partial charge < -0.3 is 10.2 Å². The van der Waals surface area contributed by atoms with Crippen LogP contribution in [0.3, 0.4) is 0 Å². The Morgan fingerprint density at radius 1 is 1.35 bits per heavy atom. The fraction of sp³-hybridized carbons (Fsp3) is 0.0909. The summed E-state index contributed by atoms with van der Waals surface area (Å²) in [6, 6.07) is 8.79. The van der Waals surface area contributed by atoms with Gasteiger partial charge >= 0.3 is 5.91 Å². The highest BCUT2D eigenvalue weighted by atomic mass is 16.7. The third-order valence-corrected chi connectivity index (χ3v) is 2.03. The Balaban J connectivity index is 2.06. The molecule has 1 heterocycles. The first-order chi connectivity index (χ1) is 8.16. The highest BCUT2D eigenvalue weighted by Gasteiger charge is 2.12. The Morgan fingerprint density at radius 2 is 2.12 bits per heavy atom. The summed E-state index contributed by atoms with van der Waals surface area (Å²) < 4.78 is 5.28. The van der Waals surface area contributed by atoms with Crippen molar-refractivity contribution in [3.05, 3.63) is 36.1 Å². The number of rotatable bonds is 4. The number of para-hydroxylation sites is 1. The van der Waals surface area contributed by atoms with Crippen LogP contribution in [0.1, 0.15) is 10.6 Å². The van der Waals surface area contributed by atoms with E-state index in [4.69, 9.17) is 10.2 Å². The van der Waals surface area contributed by atoms with Gasteiger partial charge in [-0.2, -0.15) is 0 Å². The molecule has 1 aromatic heterocycles. The van der Waals surface area contributed by atoms with E-state index in [-0.39, 0.29) is 12.4 Å². The average molecular weight is 234 g/mol. The number of nitrogens with two attached hydrogens (primary N) is 1. The molecule has 3 N–H and O–H groups in total. The van der Waals surface area contributed by atoms with E-state index in [0.29, 0.717) is 5.58 Å². The standard InChI is InChI=1S/C11H10N2O4/c12-10(14)6-16-13-11(15)9-5-7-3-1-2-4-8(7)17-9/h1-5H,6H2,(H2,12,14)(H,13,15). The summed E-state index contributed by atoms with van der Waals surface area (Å²) in [5.41, 5.74) is 7.50. The van der Waals surface area contributed by atoms with E-state index in [0.717, 1.165) is 5.39 Å². The van der Waals surface area contributed by atoms with Crippen molar-refractivity contribution in [3.8, 4) is 0 Å². The Kier molecular flexibility index (Phi) is 3.06. The zero-order valence-corrected chi connectivity index (χ0v) is 8.80. The second-order valence-corrected chi connectivity index (χ2v) is 3.33. The molecule has 6 heteroatoms. The molecule has 17 heavy (non-hydrogen) atoms. The molecule has 2 rings (SSSR count). The molecule has 0 saturated carbocycles. The number of carbonyl (C=O) groups is 2. The van der Waals surface area contributed by atoms with Crippen molar-refractivity contribution in [2.75, 3.05) is 6.61 Å². The molecule has 0 spiro atoms. The van der Waals surface area contributed by atoms with Crippen LogP contribution < -0.4 is 11.2 Å². The van der Waals surface area contributed by atoms with Gasteiger partial charge in [0.2, 0.25) is 5.91 Å². The van der Waals surface area contributed by atoms with Crippen molar-refractivity contribution in [3.63, 3.8) is 0 Å². The molecule has 0 bridgehead atoms. The number of benzene rings is 1. The van der Waals surface area contributed by atoms with Gasteiger partial charge in [0.05, 0.1) is 0 Å². The minimum Gasteiger partial charge on any atom is -0.451 e. The first kappa shape index (κ1) is 11.2. The highest BCUT2D eigenvalue weighted by molar-refractivity contribution is 5.95. The van der Waals surface area contributed by atoms with Gasteiger partial charge in [-0.15, -0.1) is 0 Å². The number of primary amides is 1. The zero-order chi connectivity index (χ0) is 12.3. The smallest absolute Gasteiger partial charge is 0.310 e. The second kappa shape index (κ2) is 4.67. The lowest BCUT2D eigenvalue weighted by molar-refractivity contribution is -0.124. The monoisotopic (exact) mass is 234 g/mol. The maximum Gasteiger partial charge on any atom is 0.310 e. The lowest BCUT2D eigenvalue weighted by Crippen LogP contribution is -2.29. The largest absolute Gasteiger partial charge is 0.451 e. The van der Waals surface area contributed by atoms with Crippen LogP contribution in [0.4, 0.5) is 0 Å². The molecule has 0 unspecified atom stereocenters. The fourth-order valence-corrected chi connectivity index (χ4v) is 1.32. The molecule has 0 radical (unpaired) electrons. The zero-order valence-electron chi connectivity index (χ0n) is 8.80. The summed E-state index contributed by atoms with van der Waals surface area (Å²) >= 11 is 0. The molecule has 0 aliphatic rings. The first-order valence-corrected chi connectivity index (χ1v) is 4.86. The SMILES string of the molecule is NC(=O)CONC(=O)c1cc2ccccc2o1.